The Morgan fingerprint density at radius 2 is 0.746 bits per heavy atom. The van der Waals surface area contributed by atoms with Crippen LogP contribution in [0.15, 0.2) is 207 Å². The lowest BCUT2D eigenvalue weighted by molar-refractivity contribution is 1.18. The zero-order chi connectivity index (χ0) is 41.6. The van der Waals surface area contributed by atoms with E-state index in [1.165, 1.54) is 59.6 Å². The van der Waals surface area contributed by atoms with Crippen LogP contribution in [0.4, 0.5) is 0 Å². The molecule has 0 aliphatic rings. The summed E-state index contributed by atoms with van der Waals surface area (Å²) in [5.41, 5.74) is 14.9. The standard InChI is InChI=1S/C59H34N4/c60-35-36-24-39-16-21-44-30-48(34-55-59(44)58(39)54(25-36)63(55)51-8-2-1-3-9-51)38-14-12-37(13-15-38)45-26-40-17-19-42-28-46(29-43-20-18-41(27-45)56(40)57(42)43)47-31-49(52-10-4-6-22-61-52)33-50(32-47)53-11-5-7-23-62-53/h1-34H. The third-order valence-corrected chi connectivity index (χ3v) is 12.9. The average Bonchev–Trinajstić information content (AvgIpc) is 3.69. The summed E-state index contributed by atoms with van der Waals surface area (Å²) in [5, 5.41) is 22.1. The third-order valence-electron chi connectivity index (χ3n) is 12.9. The molecule has 4 nitrogen and oxygen atoms in total. The van der Waals surface area contributed by atoms with Gasteiger partial charge in [0.15, 0.2) is 0 Å². The van der Waals surface area contributed by atoms with Crippen molar-refractivity contribution < 1.29 is 0 Å². The maximum Gasteiger partial charge on any atom is 0.0992 e. The molecular weight excluding hydrogens is 765 g/mol. The quantitative estimate of drug-likeness (QED) is 0.157. The van der Waals surface area contributed by atoms with Crippen LogP contribution in [0.25, 0.3) is 126 Å². The Morgan fingerprint density at radius 3 is 1.24 bits per heavy atom. The van der Waals surface area contributed by atoms with Crippen LogP contribution in [-0.2, 0) is 0 Å². The number of hydrogen-bond acceptors (Lipinski definition) is 3. The second-order valence-corrected chi connectivity index (χ2v) is 16.6. The van der Waals surface area contributed by atoms with Crippen molar-refractivity contribution in [3.05, 3.63) is 212 Å². The van der Waals surface area contributed by atoms with Crippen LogP contribution in [0.5, 0.6) is 0 Å². The molecule has 0 aliphatic heterocycles. The molecule has 0 N–H and O–H groups in total. The van der Waals surface area contributed by atoms with Gasteiger partial charge in [-0.15, -0.1) is 0 Å². The summed E-state index contributed by atoms with van der Waals surface area (Å²) in [7, 11) is 0. The largest absolute Gasteiger partial charge is 0.309 e. The minimum Gasteiger partial charge on any atom is -0.309 e. The molecule has 0 amide bonds. The van der Waals surface area contributed by atoms with Gasteiger partial charge in [-0.3, -0.25) is 9.97 Å². The van der Waals surface area contributed by atoms with Gasteiger partial charge in [0.1, 0.15) is 0 Å². The highest BCUT2D eigenvalue weighted by atomic mass is 15.0. The summed E-state index contributed by atoms with van der Waals surface area (Å²) >= 11 is 0. The molecule has 0 aliphatic carbocycles. The number of benzene rings is 10. The van der Waals surface area contributed by atoms with Crippen molar-refractivity contribution in [3.63, 3.8) is 0 Å². The van der Waals surface area contributed by atoms with Crippen LogP contribution >= 0.6 is 0 Å². The van der Waals surface area contributed by atoms with E-state index in [9.17, 15) is 5.26 Å². The van der Waals surface area contributed by atoms with Gasteiger partial charge in [-0.25, -0.2) is 0 Å². The van der Waals surface area contributed by atoms with E-state index in [1.807, 2.05) is 54.9 Å². The molecule has 0 unspecified atom stereocenters. The van der Waals surface area contributed by atoms with E-state index in [2.05, 4.69) is 162 Å². The Morgan fingerprint density at radius 1 is 0.333 bits per heavy atom. The van der Waals surface area contributed by atoms with Crippen molar-refractivity contribution in [1.82, 2.24) is 14.5 Å². The first-order chi connectivity index (χ1) is 31.1. The van der Waals surface area contributed by atoms with Crippen LogP contribution in [0.3, 0.4) is 0 Å². The molecule has 0 spiro atoms. The molecule has 0 atom stereocenters. The SMILES string of the molecule is N#Cc1cc2ccc3cc(-c4ccc(-c5cc6ccc7cc(-c8cc(-c9ccccn9)cc(-c9ccccn9)c8)cc8ccc(c5)c6c78)cc4)cc4c3c2c(c1)n4-c1ccccc1. The summed E-state index contributed by atoms with van der Waals surface area (Å²) in [6, 6.07) is 72.1. The van der Waals surface area contributed by atoms with E-state index in [0.717, 1.165) is 66.9 Å². The molecular formula is C59H34N4. The molecule has 13 rings (SSSR count). The Labute approximate surface area is 362 Å². The first kappa shape index (κ1) is 35.1. The lowest BCUT2D eigenvalue weighted by Gasteiger charge is -2.16. The minimum atomic E-state index is 0.664. The number of rotatable bonds is 6. The Kier molecular flexibility index (Phi) is 7.63. The fourth-order valence-electron chi connectivity index (χ4n) is 10.0. The molecule has 13 aromatic rings. The van der Waals surface area contributed by atoms with Crippen molar-refractivity contribution in [2.24, 2.45) is 0 Å². The van der Waals surface area contributed by atoms with Crippen LogP contribution in [0.1, 0.15) is 5.56 Å². The van der Waals surface area contributed by atoms with E-state index in [4.69, 9.17) is 9.97 Å². The average molecular weight is 799 g/mol. The smallest absolute Gasteiger partial charge is 0.0992 e. The fraction of sp³-hybridized carbons (Fsp3) is 0. The van der Waals surface area contributed by atoms with Gasteiger partial charge in [-0.05, 0) is 180 Å². The monoisotopic (exact) mass is 798 g/mol. The topological polar surface area (TPSA) is 54.5 Å². The summed E-state index contributed by atoms with van der Waals surface area (Å²) in [4.78, 5) is 9.38. The lowest BCUT2D eigenvalue weighted by atomic mass is 9.88. The minimum absolute atomic E-state index is 0.664. The second kappa shape index (κ2) is 13.7. The Hall–Kier alpha value is -8.65. The molecule has 0 radical (unpaired) electrons. The van der Waals surface area contributed by atoms with E-state index in [-0.39, 0.29) is 0 Å². The lowest BCUT2D eigenvalue weighted by Crippen LogP contribution is -1.94. The van der Waals surface area contributed by atoms with Crippen LogP contribution in [-0.4, -0.2) is 14.5 Å². The van der Waals surface area contributed by atoms with Crippen LogP contribution in [0.2, 0.25) is 0 Å². The first-order valence-electron chi connectivity index (χ1n) is 21.3. The van der Waals surface area contributed by atoms with Gasteiger partial charge in [0, 0.05) is 40.0 Å². The van der Waals surface area contributed by atoms with Crippen molar-refractivity contribution in [2.75, 3.05) is 0 Å². The number of hydrogen-bond donors (Lipinski definition) is 0. The van der Waals surface area contributed by atoms with Gasteiger partial charge in [0.05, 0.1) is 34.1 Å². The fourth-order valence-corrected chi connectivity index (χ4v) is 10.0. The number of nitrogens with zero attached hydrogens (tertiary/aromatic N) is 4. The van der Waals surface area contributed by atoms with Gasteiger partial charge in [0.25, 0.3) is 0 Å². The maximum atomic E-state index is 9.92. The Bertz CT molecular complexity index is 3810. The predicted octanol–water partition coefficient (Wildman–Crippen LogP) is 15.3. The summed E-state index contributed by atoms with van der Waals surface area (Å²) in [6.07, 6.45) is 3.69. The summed E-state index contributed by atoms with van der Waals surface area (Å²) < 4.78 is 2.31. The molecule has 290 valence electrons. The highest BCUT2D eigenvalue weighted by molar-refractivity contribution is 6.26. The van der Waals surface area contributed by atoms with Crippen LogP contribution in [0, 0.1) is 11.3 Å². The number of aromatic nitrogens is 3. The van der Waals surface area contributed by atoms with Crippen molar-refractivity contribution >= 4 is 64.9 Å². The van der Waals surface area contributed by atoms with Gasteiger partial charge in [0.2, 0.25) is 0 Å². The van der Waals surface area contributed by atoms with Crippen LogP contribution < -0.4 is 0 Å². The number of nitriles is 1. The third kappa shape index (κ3) is 5.61. The highest BCUT2D eigenvalue weighted by Gasteiger charge is 2.20. The molecule has 0 fully saturated rings. The van der Waals surface area contributed by atoms with Gasteiger partial charge < -0.3 is 4.57 Å². The van der Waals surface area contributed by atoms with Gasteiger partial charge in [-0.1, -0.05) is 91.0 Å². The highest BCUT2D eigenvalue weighted by Crippen LogP contribution is 2.44. The van der Waals surface area contributed by atoms with E-state index < -0.39 is 0 Å². The van der Waals surface area contributed by atoms with E-state index in [1.54, 1.807) is 0 Å². The van der Waals surface area contributed by atoms with Gasteiger partial charge in [-0.2, -0.15) is 5.26 Å². The molecule has 0 saturated carbocycles. The second-order valence-electron chi connectivity index (χ2n) is 16.6. The molecule has 63 heavy (non-hydrogen) atoms. The Balaban J connectivity index is 0.888. The normalized spacial score (nSPS) is 11.8. The molecule has 0 saturated heterocycles. The van der Waals surface area contributed by atoms with Crippen molar-refractivity contribution in [2.45, 2.75) is 0 Å². The maximum absolute atomic E-state index is 9.92. The predicted molar refractivity (Wildman–Crippen MR) is 261 cm³/mol. The number of pyridine rings is 2. The molecule has 3 aromatic heterocycles. The molecule has 10 aromatic carbocycles. The summed E-state index contributed by atoms with van der Waals surface area (Å²) in [6.45, 7) is 0. The zero-order valence-corrected chi connectivity index (χ0v) is 33.9. The van der Waals surface area contributed by atoms with E-state index >= 15 is 0 Å². The summed E-state index contributed by atoms with van der Waals surface area (Å²) in [5.74, 6) is 0. The number of para-hydroxylation sites is 1. The first-order valence-corrected chi connectivity index (χ1v) is 21.3. The molecule has 3 heterocycles. The van der Waals surface area contributed by atoms with Crippen molar-refractivity contribution in [3.8, 4) is 67.7 Å². The zero-order valence-electron chi connectivity index (χ0n) is 33.9. The van der Waals surface area contributed by atoms with Crippen molar-refractivity contribution in [1.29, 1.82) is 5.26 Å². The molecule has 4 heteroatoms. The molecule has 0 bridgehead atoms. The van der Waals surface area contributed by atoms with E-state index in [0.29, 0.717) is 5.56 Å². The van der Waals surface area contributed by atoms with Gasteiger partial charge >= 0.3 is 0 Å².